The van der Waals surface area contributed by atoms with Gasteiger partial charge < -0.3 is 25.6 Å². The summed E-state index contributed by atoms with van der Waals surface area (Å²) in [6, 6.07) is 22.1. The Morgan fingerprint density at radius 1 is 1.00 bits per heavy atom. The maximum Gasteiger partial charge on any atom is 0.261 e. The number of nitrogens with one attached hydrogen (secondary N) is 3. The summed E-state index contributed by atoms with van der Waals surface area (Å²) in [6.45, 7) is 0.358. The number of aliphatic hydroxyl groups excluding tert-OH is 1. The van der Waals surface area contributed by atoms with Gasteiger partial charge in [0.1, 0.15) is 11.5 Å². The van der Waals surface area contributed by atoms with Crippen molar-refractivity contribution in [1.29, 1.82) is 0 Å². The van der Waals surface area contributed by atoms with E-state index in [1.807, 2.05) is 60.7 Å². The Balaban J connectivity index is 1.35. The summed E-state index contributed by atoms with van der Waals surface area (Å²) in [5, 5.41) is 23.8. The van der Waals surface area contributed by atoms with Crippen molar-refractivity contribution in [2.24, 2.45) is 0 Å². The second-order valence-electron chi connectivity index (χ2n) is 8.72. The minimum absolute atomic E-state index is 0.0684. The van der Waals surface area contributed by atoms with E-state index in [9.17, 15) is 9.90 Å². The summed E-state index contributed by atoms with van der Waals surface area (Å²) in [7, 11) is 0. The highest BCUT2D eigenvalue weighted by atomic mass is 16.5. The van der Waals surface area contributed by atoms with E-state index >= 15 is 0 Å². The van der Waals surface area contributed by atoms with Gasteiger partial charge in [-0.25, -0.2) is 4.98 Å². The highest BCUT2D eigenvalue weighted by molar-refractivity contribution is 5.98. The van der Waals surface area contributed by atoms with E-state index in [0.29, 0.717) is 40.7 Å². The lowest BCUT2D eigenvalue weighted by atomic mass is 10.1. The van der Waals surface area contributed by atoms with Crippen molar-refractivity contribution < 1.29 is 14.4 Å². The summed E-state index contributed by atoms with van der Waals surface area (Å²) in [4.78, 5) is 25.3. The summed E-state index contributed by atoms with van der Waals surface area (Å²) in [5.74, 6) is 1.11. The van der Waals surface area contributed by atoms with Crippen LogP contribution in [0.25, 0.3) is 23.0 Å². The van der Waals surface area contributed by atoms with Gasteiger partial charge in [-0.3, -0.25) is 9.78 Å². The predicted octanol–water partition coefficient (Wildman–Crippen LogP) is 4.33. The number of pyridine rings is 2. The molecule has 0 saturated heterocycles. The SMILES string of the molecule is O=C1NCc2cc(Nc3cc(N[C@H](CO)c4ccccc4)c(-c4nc(-c5ccccn5)no4)cn3)ccc21. The first-order chi connectivity index (χ1) is 18.7. The van der Waals surface area contributed by atoms with E-state index < -0.39 is 0 Å². The van der Waals surface area contributed by atoms with E-state index in [4.69, 9.17) is 4.52 Å². The molecule has 4 N–H and O–H groups in total. The highest BCUT2D eigenvalue weighted by Crippen LogP contribution is 2.33. The van der Waals surface area contributed by atoms with Crippen molar-refractivity contribution >= 4 is 23.1 Å². The number of aliphatic hydroxyl groups is 1. The number of rotatable bonds is 8. The van der Waals surface area contributed by atoms with Gasteiger partial charge in [0.05, 0.1) is 23.9 Å². The molecule has 188 valence electrons. The van der Waals surface area contributed by atoms with Crippen LogP contribution in [-0.2, 0) is 6.54 Å². The first kappa shape index (κ1) is 23.3. The van der Waals surface area contributed by atoms with Crippen LogP contribution in [0.3, 0.4) is 0 Å². The minimum Gasteiger partial charge on any atom is -0.394 e. The fraction of sp³-hybridized carbons (Fsp3) is 0.107. The molecule has 1 aliphatic rings. The van der Waals surface area contributed by atoms with Gasteiger partial charge in [-0.1, -0.05) is 41.6 Å². The van der Waals surface area contributed by atoms with Crippen LogP contribution in [0.4, 0.5) is 17.2 Å². The second kappa shape index (κ2) is 10.1. The normalized spacial score (nSPS) is 13.0. The molecule has 10 heteroatoms. The zero-order valence-corrected chi connectivity index (χ0v) is 20.1. The van der Waals surface area contributed by atoms with Crippen LogP contribution in [0.2, 0.25) is 0 Å². The van der Waals surface area contributed by atoms with Crippen LogP contribution in [0, 0.1) is 0 Å². The number of hydrogen-bond donors (Lipinski definition) is 4. The highest BCUT2D eigenvalue weighted by Gasteiger charge is 2.21. The average Bonchev–Trinajstić information content (AvgIpc) is 3.60. The van der Waals surface area contributed by atoms with Crippen LogP contribution >= 0.6 is 0 Å². The third-order valence-electron chi connectivity index (χ3n) is 6.23. The fourth-order valence-corrected chi connectivity index (χ4v) is 4.31. The van der Waals surface area contributed by atoms with E-state index in [2.05, 4.69) is 36.1 Å². The first-order valence-corrected chi connectivity index (χ1v) is 12.0. The minimum atomic E-state index is -0.388. The van der Waals surface area contributed by atoms with Gasteiger partial charge in [0.2, 0.25) is 5.82 Å². The second-order valence-corrected chi connectivity index (χ2v) is 8.72. The Hall–Kier alpha value is -5.09. The molecule has 0 aliphatic carbocycles. The van der Waals surface area contributed by atoms with Crippen LogP contribution < -0.4 is 16.0 Å². The number of carbonyl (C=O) groups is 1. The molecular formula is C28H23N7O3. The topological polar surface area (TPSA) is 138 Å². The molecule has 0 saturated carbocycles. The lowest BCUT2D eigenvalue weighted by molar-refractivity contribution is 0.0965. The lowest BCUT2D eigenvalue weighted by Gasteiger charge is -2.20. The number of amides is 1. The van der Waals surface area contributed by atoms with Gasteiger partial charge in [0.15, 0.2) is 0 Å². The third-order valence-corrected chi connectivity index (χ3v) is 6.23. The molecule has 38 heavy (non-hydrogen) atoms. The van der Waals surface area contributed by atoms with Crippen molar-refractivity contribution in [3.05, 3.63) is 102 Å². The molecule has 0 spiro atoms. The number of fused-ring (bicyclic) bond motifs is 1. The Kier molecular flexibility index (Phi) is 6.20. The van der Waals surface area contributed by atoms with Gasteiger partial charge >= 0.3 is 0 Å². The summed E-state index contributed by atoms with van der Waals surface area (Å²) in [5.41, 5.74) is 5.11. The van der Waals surface area contributed by atoms with E-state index in [-0.39, 0.29) is 24.4 Å². The van der Waals surface area contributed by atoms with Crippen LogP contribution in [0.5, 0.6) is 0 Å². The predicted molar refractivity (Wildman–Crippen MR) is 142 cm³/mol. The molecule has 4 heterocycles. The number of aromatic nitrogens is 4. The number of anilines is 3. The lowest BCUT2D eigenvalue weighted by Crippen LogP contribution is -2.15. The van der Waals surface area contributed by atoms with Gasteiger partial charge in [0, 0.05) is 36.3 Å². The molecule has 5 aromatic rings. The molecular weight excluding hydrogens is 482 g/mol. The molecule has 0 bridgehead atoms. The number of carbonyl (C=O) groups excluding carboxylic acids is 1. The molecule has 0 fully saturated rings. The van der Waals surface area contributed by atoms with Crippen molar-refractivity contribution in [1.82, 2.24) is 25.4 Å². The number of nitrogens with zero attached hydrogens (tertiary/aromatic N) is 4. The Morgan fingerprint density at radius 3 is 2.68 bits per heavy atom. The molecule has 6 rings (SSSR count). The van der Waals surface area contributed by atoms with E-state index in [0.717, 1.165) is 16.8 Å². The summed E-state index contributed by atoms with van der Waals surface area (Å²) in [6.07, 6.45) is 3.30. The molecule has 3 aromatic heterocycles. The van der Waals surface area contributed by atoms with E-state index in [1.165, 1.54) is 0 Å². The molecule has 1 amide bonds. The van der Waals surface area contributed by atoms with Gasteiger partial charge in [-0.2, -0.15) is 4.98 Å². The maximum absolute atomic E-state index is 11.9. The van der Waals surface area contributed by atoms with Crippen molar-refractivity contribution in [2.45, 2.75) is 12.6 Å². The molecule has 0 radical (unpaired) electrons. The van der Waals surface area contributed by atoms with Crippen LogP contribution in [0.1, 0.15) is 27.5 Å². The monoisotopic (exact) mass is 505 g/mol. The average molecular weight is 506 g/mol. The Morgan fingerprint density at radius 2 is 1.87 bits per heavy atom. The van der Waals surface area contributed by atoms with Crippen molar-refractivity contribution in [3.63, 3.8) is 0 Å². The smallest absolute Gasteiger partial charge is 0.261 e. The van der Waals surface area contributed by atoms with Gasteiger partial charge in [0.25, 0.3) is 11.8 Å². The number of benzene rings is 2. The van der Waals surface area contributed by atoms with Crippen molar-refractivity contribution in [3.8, 4) is 23.0 Å². The third kappa shape index (κ3) is 4.67. The van der Waals surface area contributed by atoms with Crippen LogP contribution in [-0.4, -0.2) is 37.7 Å². The molecule has 10 nitrogen and oxygen atoms in total. The summed E-state index contributed by atoms with van der Waals surface area (Å²) < 4.78 is 5.58. The van der Waals surface area contributed by atoms with Crippen LogP contribution in [0.15, 0.2) is 89.7 Å². The molecule has 2 aromatic carbocycles. The molecule has 1 atom stereocenters. The van der Waals surface area contributed by atoms with Gasteiger partial charge in [-0.05, 0) is 41.5 Å². The van der Waals surface area contributed by atoms with Crippen molar-refractivity contribution in [2.75, 3.05) is 17.2 Å². The molecule has 0 unspecified atom stereocenters. The Bertz CT molecular complexity index is 1590. The Labute approximate surface area is 217 Å². The first-order valence-electron chi connectivity index (χ1n) is 12.0. The van der Waals surface area contributed by atoms with Gasteiger partial charge in [-0.15, -0.1) is 0 Å². The quantitative estimate of drug-likeness (QED) is 0.243. The standard InChI is InChI=1S/C28H23N7O3/c36-16-24(17-6-2-1-3-7-17)33-23-13-25(32-19-9-10-20-18(12-19)14-31-27(20)37)30-15-21(23)28-34-26(35-38-28)22-8-4-5-11-29-22/h1-13,15,24,36H,14,16H2,(H,31,37)(H2,30,32,33)/t24-/m1/s1. The molecule has 1 aliphatic heterocycles. The largest absolute Gasteiger partial charge is 0.394 e. The zero-order valence-electron chi connectivity index (χ0n) is 20.1. The van der Waals surface area contributed by atoms with E-state index in [1.54, 1.807) is 24.5 Å². The zero-order chi connectivity index (χ0) is 25.9. The summed E-state index contributed by atoms with van der Waals surface area (Å²) >= 11 is 0. The number of hydrogen-bond acceptors (Lipinski definition) is 9. The fourth-order valence-electron chi connectivity index (χ4n) is 4.31. The maximum atomic E-state index is 11.9.